The van der Waals surface area contributed by atoms with Crippen LogP contribution in [0.2, 0.25) is 0 Å². The highest BCUT2D eigenvalue weighted by Crippen LogP contribution is 2.27. The van der Waals surface area contributed by atoms with Gasteiger partial charge in [0.1, 0.15) is 0 Å². The van der Waals surface area contributed by atoms with Gasteiger partial charge < -0.3 is 10.1 Å². The van der Waals surface area contributed by atoms with Crippen molar-refractivity contribution in [2.45, 2.75) is 32.2 Å². The van der Waals surface area contributed by atoms with Gasteiger partial charge in [-0.1, -0.05) is 6.92 Å². The van der Waals surface area contributed by atoms with E-state index in [1.165, 1.54) is 12.8 Å². The molecule has 1 atom stereocenters. The number of aromatic nitrogens is 1. The van der Waals surface area contributed by atoms with Crippen LogP contribution in [-0.2, 0) is 4.74 Å². The van der Waals surface area contributed by atoms with E-state index in [1.54, 1.807) is 0 Å². The highest BCUT2D eigenvalue weighted by Gasteiger charge is 2.20. The Morgan fingerprint density at radius 2 is 2.22 bits per heavy atom. The average molecular weight is 313 g/mol. The van der Waals surface area contributed by atoms with Crippen molar-refractivity contribution in [3.8, 4) is 0 Å². The standard InChI is InChI=1S/C14H21BrN2O/c1-2-16-14(9-11-5-7-18-8-6-11)13-4-3-12(15)10-17-13/h3-4,10-11,14,16H,2,5-9H2,1H3. The first-order chi connectivity index (χ1) is 8.79. The van der Waals surface area contributed by atoms with Gasteiger partial charge in [0.25, 0.3) is 0 Å². The van der Waals surface area contributed by atoms with Gasteiger partial charge in [0.15, 0.2) is 0 Å². The van der Waals surface area contributed by atoms with E-state index in [0.29, 0.717) is 6.04 Å². The van der Waals surface area contributed by atoms with Crippen LogP contribution < -0.4 is 5.32 Å². The average Bonchev–Trinajstić information content (AvgIpc) is 2.40. The molecular weight excluding hydrogens is 292 g/mol. The molecule has 0 saturated carbocycles. The van der Waals surface area contributed by atoms with Gasteiger partial charge in [-0.2, -0.15) is 0 Å². The minimum absolute atomic E-state index is 0.367. The third-order valence-electron chi connectivity index (χ3n) is 3.47. The molecular formula is C14H21BrN2O. The molecule has 1 N–H and O–H groups in total. The zero-order valence-electron chi connectivity index (χ0n) is 10.9. The monoisotopic (exact) mass is 312 g/mol. The fraction of sp³-hybridized carbons (Fsp3) is 0.643. The summed E-state index contributed by atoms with van der Waals surface area (Å²) < 4.78 is 6.46. The van der Waals surface area contributed by atoms with Gasteiger partial charge in [-0.15, -0.1) is 0 Å². The van der Waals surface area contributed by atoms with Crippen LogP contribution >= 0.6 is 15.9 Å². The molecule has 4 heteroatoms. The van der Waals surface area contributed by atoms with Crippen molar-refractivity contribution in [2.75, 3.05) is 19.8 Å². The number of nitrogens with one attached hydrogen (secondary N) is 1. The molecule has 18 heavy (non-hydrogen) atoms. The van der Waals surface area contributed by atoms with Crippen molar-refractivity contribution in [2.24, 2.45) is 5.92 Å². The Balaban J connectivity index is 2.00. The van der Waals surface area contributed by atoms with Crippen LogP contribution in [0.1, 0.15) is 37.9 Å². The molecule has 1 aromatic heterocycles. The summed E-state index contributed by atoms with van der Waals surface area (Å²) in [6, 6.07) is 4.54. The van der Waals surface area contributed by atoms with Crippen LogP contribution in [0.5, 0.6) is 0 Å². The molecule has 1 saturated heterocycles. The Morgan fingerprint density at radius 1 is 1.44 bits per heavy atom. The zero-order chi connectivity index (χ0) is 12.8. The third-order valence-corrected chi connectivity index (χ3v) is 3.94. The predicted molar refractivity (Wildman–Crippen MR) is 76.5 cm³/mol. The summed E-state index contributed by atoms with van der Waals surface area (Å²) in [6.45, 7) is 4.95. The fourth-order valence-corrected chi connectivity index (χ4v) is 2.70. The van der Waals surface area contributed by atoms with Crippen LogP contribution in [0.3, 0.4) is 0 Å². The molecule has 0 amide bonds. The van der Waals surface area contributed by atoms with E-state index >= 15 is 0 Å². The number of ether oxygens (including phenoxy) is 1. The second kappa shape index (κ2) is 7.22. The van der Waals surface area contributed by atoms with Crippen molar-refractivity contribution in [3.63, 3.8) is 0 Å². The first-order valence-electron chi connectivity index (χ1n) is 6.72. The van der Waals surface area contributed by atoms with E-state index < -0.39 is 0 Å². The Morgan fingerprint density at radius 3 is 2.83 bits per heavy atom. The van der Waals surface area contributed by atoms with E-state index in [9.17, 15) is 0 Å². The van der Waals surface area contributed by atoms with Gasteiger partial charge in [-0.3, -0.25) is 4.98 Å². The maximum absolute atomic E-state index is 5.42. The van der Waals surface area contributed by atoms with Crippen molar-refractivity contribution >= 4 is 15.9 Å². The molecule has 2 rings (SSSR count). The molecule has 1 unspecified atom stereocenters. The van der Waals surface area contributed by atoms with Gasteiger partial charge in [-0.25, -0.2) is 0 Å². The van der Waals surface area contributed by atoms with E-state index in [1.807, 2.05) is 6.20 Å². The Kier molecular flexibility index (Phi) is 5.60. The molecule has 0 aliphatic carbocycles. The van der Waals surface area contributed by atoms with Gasteiger partial charge >= 0.3 is 0 Å². The Bertz CT molecular complexity index is 349. The normalized spacial score (nSPS) is 18.8. The SMILES string of the molecule is CCNC(CC1CCOCC1)c1ccc(Br)cn1. The maximum Gasteiger partial charge on any atom is 0.0574 e. The zero-order valence-corrected chi connectivity index (χ0v) is 12.4. The van der Waals surface area contributed by atoms with E-state index in [4.69, 9.17) is 4.74 Å². The van der Waals surface area contributed by atoms with Gasteiger partial charge in [0, 0.05) is 29.9 Å². The quantitative estimate of drug-likeness (QED) is 0.905. The molecule has 0 aromatic carbocycles. The first-order valence-corrected chi connectivity index (χ1v) is 7.51. The molecule has 3 nitrogen and oxygen atoms in total. The Hall–Kier alpha value is -0.450. The lowest BCUT2D eigenvalue weighted by atomic mass is 9.91. The highest BCUT2D eigenvalue weighted by atomic mass is 79.9. The highest BCUT2D eigenvalue weighted by molar-refractivity contribution is 9.10. The van der Waals surface area contributed by atoms with Crippen molar-refractivity contribution in [1.82, 2.24) is 10.3 Å². The number of hydrogen-bond acceptors (Lipinski definition) is 3. The number of halogens is 1. The second-order valence-corrected chi connectivity index (χ2v) is 5.72. The molecule has 2 heterocycles. The summed E-state index contributed by atoms with van der Waals surface area (Å²) in [4.78, 5) is 4.52. The lowest BCUT2D eigenvalue weighted by Gasteiger charge is -2.27. The molecule has 1 aliphatic heterocycles. The van der Waals surface area contributed by atoms with Crippen molar-refractivity contribution < 1.29 is 4.74 Å². The summed E-state index contributed by atoms with van der Waals surface area (Å²) in [7, 11) is 0. The number of pyridine rings is 1. The topological polar surface area (TPSA) is 34.1 Å². The smallest absolute Gasteiger partial charge is 0.0574 e. The molecule has 1 fully saturated rings. The number of hydrogen-bond donors (Lipinski definition) is 1. The van der Waals surface area contributed by atoms with Crippen LogP contribution in [0.15, 0.2) is 22.8 Å². The molecule has 0 radical (unpaired) electrons. The predicted octanol–water partition coefficient (Wildman–Crippen LogP) is 3.31. The summed E-state index contributed by atoms with van der Waals surface area (Å²) in [5, 5.41) is 3.55. The van der Waals surface area contributed by atoms with Gasteiger partial charge in [0.2, 0.25) is 0 Å². The van der Waals surface area contributed by atoms with Crippen LogP contribution in [0, 0.1) is 5.92 Å². The number of nitrogens with zero attached hydrogens (tertiary/aromatic N) is 1. The van der Waals surface area contributed by atoms with E-state index in [2.05, 4.69) is 45.3 Å². The molecule has 0 spiro atoms. The van der Waals surface area contributed by atoms with Crippen molar-refractivity contribution in [3.05, 3.63) is 28.5 Å². The molecule has 1 aliphatic rings. The fourth-order valence-electron chi connectivity index (χ4n) is 2.46. The molecule has 0 bridgehead atoms. The lowest BCUT2D eigenvalue weighted by Crippen LogP contribution is -2.26. The van der Waals surface area contributed by atoms with Crippen molar-refractivity contribution in [1.29, 1.82) is 0 Å². The largest absolute Gasteiger partial charge is 0.381 e. The maximum atomic E-state index is 5.42. The Labute approximate surface area is 117 Å². The van der Waals surface area contributed by atoms with Crippen LogP contribution in [-0.4, -0.2) is 24.7 Å². The lowest BCUT2D eigenvalue weighted by molar-refractivity contribution is 0.0604. The van der Waals surface area contributed by atoms with E-state index in [-0.39, 0.29) is 0 Å². The van der Waals surface area contributed by atoms with Crippen LogP contribution in [0.25, 0.3) is 0 Å². The minimum atomic E-state index is 0.367. The molecule has 100 valence electrons. The summed E-state index contributed by atoms with van der Waals surface area (Å²) in [5.41, 5.74) is 1.14. The summed E-state index contributed by atoms with van der Waals surface area (Å²) in [5.74, 6) is 0.758. The second-order valence-electron chi connectivity index (χ2n) is 4.80. The molecule has 1 aromatic rings. The van der Waals surface area contributed by atoms with Gasteiger partial charge in [0.05, 0.1) is 5.69 Å². The minimum Gasteiger partial charge on any atom is -0.381 e. The number of rotatable bonds is 5. The summed E-state index contributed by atoms with van der Waals surface area (Å²) >= 11 is 3.43. The van der Waals surface area contributed by atoms with Crippen LogP contribution in [0.4, 0.5) is 0 Å². The summed E-state index contributed by atoms with van der Waals surface area (Å²) in [6.07, 6.45) is 5.40. The first kappa shape index (κ1) is 14.0. The van der Waals surface area contributed by atoms with E-state index in [0.717, 1.165) is 42.3 Å². The van der Waals surface area contributed by atoms with Gasteiger partial charge in [-0.05, 0) is 59.8 Å². The third kappa shape index (κ3) is 4.04.